The van der Waals surface area contributed by atoms with E-state index in [-0.39, 0.29) is 12.0 Å². The predicted molar refractivity (Wildman–Crippen MR) is 84.1 cm³/mol. The van der Waals surface area contributed by atoms with Gasteiger partial charge < -0.3 is 18.9 Å². The Morgan fingerprint density at radius 3 is 3.09 bits per heavy atom. The topological polar surface area (TPSA) is 50.1 Å². The van der Waals surface area contributed by atoms with Crippen molar-refractivity contribution in [3.05, 3.63) is 35.8 Å². The van der Waals surface area contributed by atoms with Gasteiger partial charge in [0.2, 0.25) is 0 Å². The number of fused-ring (bicyclic) bond motifs is 1. The molecule has 0 aromatic carbocycles. The summed E-state index contributed by atoms with van der Waals surface area (Å²) in [5, 5.41) is 0. The van der Waals surface area contributed by atoms with Crippen LogP contribution in [-0.4, -0.2) is 71.5 Å². The van der Waals surface area contributed by atoms with E-state index in [1.54, 1.807) is 0 Å². The van der Waals surface area contributed by atoms with E-state index in [1.807, 2.05) is 54.8 Å². The summed E-state index contributed by atoms with van der Waals surface area (Å²) in [5.41, 5.74) is 2.44. The number of pyridine rings is 1. The van der Waals surface area contributed by atoms with Crippen molar-refractivity contribution >= 4 is 11.6 Å². The lowest BCUT2D eigenvalue weighted by molar-refractivity contribution is -0.0306. The van der Waals surface area contributed by atoms with Gasteiger partial charge in [0, 0.05) is 37.6 Å². The van der Waals surface area contributed by atoms with Gasteiger partial charge in [-0.25, -0.2) is 4.98 Å². The van der Waals surface area contributed by atoms with Crippen molar-refractivity contribution in [1.29, 1.82) is 0 Å². The summed E-state index contributed by atoms with van der Waals surface area (Å²) in [6, 6.07) is 3.71. The van der Waals surface area contributed by atoms with Crippen LogP contribution in [0.15, 0.2) is 24.5 Å². The molecule has 0 aliphatic carbocycles. The Kier molecular flexibility index (Phi) is 4.13. The predicted octanol–water partition coefficient (Wildman–Crippen LogP) is 1.05. The molecule has 1 atom stereocenters. The highest BCUT2D eigenvalue weighted by Crippen LogP contribution is 2.13. The Bertz CT molecular complexity index is 680. The molecule has 1 amide bonds. The van der Waals surface area contributed by atoms with Crippen LogP contribution in [0.2, 0.25) is 0 Å². The highest BCUT2D eigenvalue weighted by molar-refractivity contribution is 5.95. The third kappa shape index (κ3) is 3.13. The monoisotopic (exact) mass is 302 g/mol. The number of aryl methyl sites for hydroxylation is 1. The molecule has 3 rings (SSSR count). The molecule has 0 bridgehead atoms. The molecule has 1 saturated heterocycles. The Balaban J connectivity index is 1.76. The maximum atomic E-state index is 12.7. The van der Waals surface area contributed by atoms with Gasteiger partial charge in [-0.2, -0.15) is 0 Å². The third-order valence-electron chi connectivity index (χ3n) is 3.82. The standard InChI is InChI=1S/C16H22N4O2/c1-12-9-19-5-4-13(8-15(19)17-12)16(21)20-6-7-22-14(11-20)10-18(2)3/h4-5,8-9,14H,6-7,10-11H2,1-3H3. The molecular weight excluding hydrogens is 280 g/mol. The number of imidazole rings is 1. The fourth-order valence-electron chi connectivity index (χ4n) is 2.85. The first-order chi connectivity index (χ1) is 10.5. The zero-order valence-corrected chi connectivity index (χ0v) is 13.3. The van der Waals surface area contributed by atoms with Crippen LogP contribution in [0.1, 0.15) is 16.1 Å². The van der Waals surface area contributed by atoms with E-state index in [9.17, 15) is 4.79 Å². The molecule has 6 nitrogen and oxygen atoms in total. The van der Waals surface area contributed by atoms with E-state index in [2.05, 4.69) is 9.88 Å². The molecule has 0 spiro atoms. The minimum absolute atomic E-state index is 0.0511. The maximum absolute atomic E-state index is 12.7. The summed E-state index contributed by atoms with van der Waals surface area (Å²) >= 11 is 0. The van der Waals surface area contributed by atoms with Crippen LogP contribution in [0.5, 0.6) is 0 Å². The van der Waals surface area contributed by atoms with Crippen molar-refractivity contribution in [2.75, 3.05) is 40.3 Å². The second-order valence-electron chi connectivity index (χ2n) is 6.07. The second kappa shape index (κ2) is 6.06. The van der Waals surface area contributed by atoms with Crippen LogP contribution in [-0.2, 0) is 4.74 Å². The number of carbonyl (C=O) groups is 1. The lowest BCUT2D eigenvalue weighted by Gasteiger charge is -2.34. The Morgan fingerprint density at radius 2 is 2.32 bits per heavy atom. The number of morpholine rings is 1. The van der Waals surface area contributed by atoms with Gasteiger partial charge in [0.15, 0.2) is 0 Å². The van der Waals surface area contributed by atoms with Gasteiger partial charge in [-0.3, -0.25) is 4.79 Å². The number of likely N-dealkylation sites (N-methyl/N-ethyl adjacent to an activating group) is 1. The van der Waals surface area contributed by atoms with E-state index in [0.717, 1.165) is 17.9 Å². The molecular formula is C16H22N4O2. The number of aromatic nitrogens is 2. The Hall–Kier alpha value is -1.92. The van der Waals surface area contributed by atoms with Gasteiger partial charge in [-0.05, 0) is 33.2 Å². The van der Waals surface area contributed by atoms with Crippen molar-refractivity contribution in [1.82, 2.24) is 19.2 Å². The van der Waals surface area contributed by atoms with Crippen molar-refractivity contribution in [3.8, 4) is 0 Å². The van der Waals surface area contributed by atoms with Crippen molar-refractivity contribution in [3.63, 3.8) is 0 Å². The largest absolute Gasteiger partial charge is 0.373 e. The summed E-state index contributed by atoms with van der Waals surface area (Å²) in [4.78, 5) is 21.1. The van der Waals surface area contributed by atoms with Crippen LogP contribution in [0.3, 0.4) is 0 Å². The average Bonchev–Trinajstić information content (AvgIpc) is 2.85. The second-order valence-corrected chi connectivity index (χ2v) is 6.07. The van der Waals surface area contributed by atoms with Gasteiger partial charge in [0.1, 0.15) is 5.65 Å². The van der Waals surface area contributed by atoms with Crippen LogP contribution >= 0.6 is 0 Å². The fourth-order valence-corrected chi connectivity index (χ4v) is 2.85. The van der Waals surface area contributed by atoms with Crippen molar-refractivity contribution in [2.24, 2.45) is 0 Å². The number of ether oxygens (including phenoxy) is 1. The number of carbonyl (C=O) groups excluding carboxylic acids is 1. The van der Waals surface area contributed by atoms with E-state index in [4.69, 9.17) is 4.74 Å². The van der Waals surface area contributed by atoms with Gasteiger partial charge in [-0.15, -0.1) is 0 Å². The molecule has 2 aromatic rings. The fraction of sp³-hybridized carbons (Fsp3) is 0.500. The van der Waals surface area contributed by atoms with Crippen molar-refractivity contribution in [2.45, 2.75) is 13.0 Å². The molecule has 2 aromatic heterocycles. The number of nitrogens with zero attached hydrogens (tertiary/aromatic N) is 4. The van der Waals surface area contributed by atoms with E-state index < -0.39 is 0 Å². The van der Waals surface area contributed by atoms with Gasteiger partial charge in [0.25, 0.3) is 5.91 Å². The first-order valence-electron chi connectivity index (χ1n) is 7.54. The molecule has 0 saturated carbocycles. The normalized spacial score (nSPS) is 19.1. The quantitative estimate of drug-likeness (QED) is 0.850. The molecule has 1 aliphatic heterocycles. The lowest BCUT2D eigenvalue weighted by Crippen LogP contribution is -2.48. The molecule has 22 heavy (non-hydrogen) atoms. The maximum Gasteiger partial charge on any atom is 0.254 e. The lowest BCUT2D eigenvalue weighted by atomic mass is 10.2. The molecule has 3 heterocycles. The molecule has 1 aliphatic rings. The zero-order chi connectivity index (χ0) is 15.7. The third-order valence-corrected chi connectivity index (χ3v) is 3.82. The van der Waals surface area contributed by atoms with Crippen molar-refractivity contribution < 1.29 is 9.53 Å². The minimum atomic E-state index is 0.0511. The van der Waals surface area contributed by atoms with Gasteiger partial charge >= 0.3 is 0 Å². The van der Waals surface area contributed by atoms with E-state index in [1.165, 1.54) is 0 Å². The first-order valence-corrected chi connectivity index (χ1v) is 7.54. The Labute approximate surface area is 130 Å². The summed E-state index contributed by atoms with van der Waals surface area (Å²) in [6.07, 6.45) is 3.91. The SMILES string of the molecule is Cc1cn2ccc(C(=O)N3CCOC(CN(C)C)C3)cc2n1. The van der Waals surface area contributed by atoms with Crippen LogP contribution in [0, 0.1) is 6.92 Å². The Morgan fingerprint density at radius 1 is 1.50 bits per heavy atom. The molecule has 0 radical (unpaired) electrons. The molecule has 1 unspecified atom stereocenters. The smallest absolute Gasteiger partial charge is 0.254 e. The van der Waals surface area contributed by atoms with E-state index >= 15 is 0 Å². The first kappa shape index (κ1) is 15.0. The minimum Gasteiger partial charge on any atom is -0.373 e. The summed E-state index contributed by atoms with van der Waals surface area (Å²) < 4.78 is 7.66. The van der Waals surface area contributed by atoms with Crippen LogP contribution in [0.25, 0.3) is 5.65 Å². The van der Waals surface area contributed by atoms with E-state index in [0.29, 0.717) is 25.3 Å². The molecule has 6 heteroatoms. The van der Waals surface area contributed by atoms with Crippen LogP contribution < -0.4 is 0 Å². The molecule has 118 valence electrons. The summed E-state index contributed by atoms with van der Waals surface area (Å²) in [6.45, 7) is 4.64. The zero-order valence-electron chi connectivity index (χ0n) is 13.3. The molecule has 0 N–H and O–H groups in total. The van der Waals surface area contributed by atoms with Crippen LogP contribution in [0.4, 0.5) is 0 Å². The highest BCUT2D eigenvalue weighted by atomic mass is 16.5. The summed E-state index contributed by atoms with van der Waals surface area (Å²) in [5.74, 6) is 0.0511. The summed E-state index contributed by atoms with van der Waals surface area (Å²) in [7, 11) is 4.03. The highest BCUT2D eigenvalue weighted by Gasteiger charge is 2.25. The number of hydrogen-bond acceptors (Lipinski definition) is 4. The average molecular weight is 302 g/mol. The molecule has 1 fully saturated rings. The van der Waals surface area contributed by atoms with Gasteiger partial charge in [0.05, 0.1) is 18.4 Å². The van der Waals surface area contributed by atoms with Gasteiger partial charge in [-0.1, -0.05) is 0 Å². The number of rotatable bonds is 3. The number of amides is 1. The number of hydrogen-bond donors (Lipinski definition) is 0.